The van der Waals surface area contributed by atoms with E-state index in [0.29, 0.717) is 0 Å². The highest BCUT2D eigenvalue weighted by Gasteiger charge is 2.21. The molecule has 0 aromatic heterocycles. The summed E-state index contributed by atoms with van der Waals surface area (Å²) in [5, 5.41) is -0.245. The van der Waals surface area contributed by atoms with Gasteiger partial charge in [-0.25, -0.2) is 13.2 Å². The van der Waals surface area contributed by atoms with E-state index >= 15 is 0 Å². The first-order valence-electron chi connectivity index (χ1n) is 5.84. The molecule has 110 valence electrons. The molecule has 0 saturated heterocycles. The average molecular weight is 345 g/mol. The molecule has 0 heterocycles. The van der Waals surface area contributed by atoms with Crippen LogP contribution in [0.3, 0.4) is 0 Å². The topological polar surface area (TPSA) is 60.4 Å². The van der Waals surface area contributed by atoms with Gasteiger partial charge < -0.3 is 4.74 Å². The van der Waals surface area contributed by atoms with Gasteiger partial charge >= 0.3 is 5.97 Å². The summed E-state index contributed by atoms with van der Waals surface area (Å²) in [4.78, 5) is 11.7. The predicted octanol–water partition coefficient (Wildman–Crippen LogP) is 3.62. The lowest BCUT2D eigenvalue weighted by Gasteiger charge is -2.08. The SMILES string of the molecule is O=C(OCc1ccccc1)c1cccc(S(=O)(=O)Cl)c1Cl. The Kier molecular flexibility index (Phi) is 4.88. The maximum Gasteiger partial charge on any atom is 0.340 e. The quantitative estimate of drug-likeness (QED) is 0.627. The largest absolute Gasteiger partial charge is 0.457 e. The first kappa shape index (κ1) is 15.8. The van der Waals surface area contributed by atoms with Gasteiger partial charge in [-0.2, -0.15) is 0 Å². The minimum atomic E-state index is -4.02. The molecule has 0 radical (unpaired) electrons. The van der Waals surface area contributed by atoms with Gasteiger partial charge in [0.05, 0.1) is 10.6 Å². The van der Waals surface area contributed by atoms with Crippen LogP contribution < -0.4 is 0 Å². The highest BCUT2D eigenvalue weighted by Crippen LogP contribution is 2.28. The van der Waals surface area contributed by atoms with Crippen LogP contribution in [0.1, 0.15) is 15.9 Å². The second kappa shape index (κ2) is 6.47. The first-order chi connectivity index (χ1) is 9.89. The van der Waals surface area contributed by atoms with Crippen LogP contribution >= 0.6 is 22.3 Å². The lowest BCUT2D eigenvalue weighted by molar-refractivity contribution is 0.0472. The van der Waals surface area contributed by atoms with Crippen LogP contribution in [0.2, 0.25) is 5.02 Å². The number of hydrogen-bond acceptors (Lipinski definition) is 4. The number of hydrogen-bond donors (Lipinski definition) is 0. The standard InChI is InChI=1S/C14H10Cl2O4S/c15-13-11(7-4-8-12(13)21(16,18)19)14(17)20-9-10-5-2-1-3-6-10/h1-8H,9H2. The summed E-state index contributed by atoms with van der Waals surface area (Å²) in [5.74, 6) is -0.717. The summed E-state index contributed by atoms with van der Waals surface area (Å²) < 4.78 is 27.8. The van der Waals surface area contributed by atoms with Crippen LogP contribution in [0, 0.1) is 0 Å². The molecule has 2 aromatic carbocycles. The first-order valence-corrected chi connectivity index (χ1v) is 8.52. The second-order valence-electron chi connectivity index (χ2n) is 4.12. The van der Waals surface area contributed by atoms with Crippen LogP contribution in [0.25, 0.3) is 0 Å². The fourth-order valence-electron chi connectivity index (χ4n) is 1.66. The minimum absolute atomic E-state index is 0.0469. The molecule has 0 aliphatic heterocycles. The summed E-state index contributed by atoms with van der Waals surface area (Å²) in [6, 6.07) is 13.0. The zero-order valence-corrected chi connectivity index (χ0v) is 13.0. The normalized spacial score (nSPS) is 11.1. The van der Waals surface area contributed by atoms with E-state index in [4.69, 9.17) is 27.0 Å². The summed E-state index contributed by atoms with van der Waals surface area (Å²) in [6.45, 7) is 0.0633. The molecule has 2 aromatic rings. The fraction of sp³-hybridized carbons (Fsp3) is 0.0714. The van der Waals surface area contributed by atoms with Crippen molar-refractivity contribution < 1.29 is 17.9 Å². The molecule has 0 aliphatic rings. The lowest BCUT2D eigenvalue weighted by atomic mass is 10.2. The van der Waals surface area contributed by atoms with E-state index in [1.54, 1.807) is 12.1 Å². The van der Waals surface area contributed by atoms with Gasteiger partial charge in [0.2, 0.25) is 0 Å². The smallest absolute Gasteiger partial charge is 0.340 e. The summed E-state index contributed by atoms with van der Waals surface area (Å²) >= 11 is 5.91. The van der Waals surface area contributed by atoms with Crippen LogP contribution in [0.4, 0.5) is 0 Å². The zero-order chi connectivity index (χ0) is 15.5. The average Bonchev–Trinajstić information content (AvgIpc) is 2.45. The summed E-state index contributed by atoms with van der Waals surface area (Å²) in [5.41, 5.74) is 0.761. The maximum absolute atomic E-state index is 12.0. The number of esters is 1. The number of halogens is 2. The number of ether oxygens (including phenoxy) is 1. The lowest BCUT2D eigenvalue weighted by Crippen LogP contribution is -2.07. The van der Waals surface area contributed by atoms with Crippen molar-refractivity contribution in [3.8, 4) is 0 Å². The molecule has 2 rings (SSSR count). The van der Waals surface area contributed by atoms with Crippen molar-refractivity contribution in [2.24, 2.45) is 0 Å². The number of benzene rings is 2. The Morgan fingerprint density at radius 3 is 2.33 bits per heavy atom. The van der Waals surface area contributed by atoms with Crippen LogP contribution in [-0.2, 0) is 20.4 Å². The highest BCUT2D eigenvalue weighted by atomic mass is 35.7. The Balaban J connectivity index is 2.21. The molecular formula is C14H10Cl2O4S. The maximum atomic E-state index is 12.0. The third-order valence-corrected chi connectivity index (χ3v) is 4.54. The van der Waals surface area contributed by atoms with Crippen LogP contribution in [0.5, 0.6) is 0 Å². The van der Waals surface area contributed by atoms with E-state index in [1.807, 2.05) is 18.2 Å². The van der Waals surface area contributed by atoms with Gasteiger partial charge in [0.25, 0.3) is 9.05 Å². The molecule has 0 aliphatic carbocycles. The Labute approximate surface area is 131 Å². The molecule has 0 unspecified atom stereocenters. The van der Waals surface area contributed by atoms with Crippen LogP contribution in [-0.4, -0.2) is 14.4 Å². The fourth-order valence-corrected chi connectivity index (χ4v) is 3.23. The monoisotopic (exact) mass is 344 g/mol. The third-order valence-electron chi connectivity index (χ3n) is 2.66. The van der Waals surface area contributed by atoms with Gasteiger partial charge in [0.1, 0.15) is 11.5 Å². The van der Waals surface area contributed by atoms with Crippen LogP contribution in [0.15, 0.2) is 53.4 Å². The Morgan fingerprint density at radius 1 is 1.05 bits per heavy atom. The molecule has 0 bridgehead atoms. The molecule has 0 spiro atoms. The Hall–Kier alpha value is -1.56. The Bertz CT molecular complexity index is 758. The molecule has 21 heavy (non-hydrogen) atoms. The van der Waals surface area contributed by atoms with Crippen molar-refractivity contribution >= 4 is 37.3 Å². The molecule has 4 nitrogen and oxygen atoms in total. The highest BCUT2D eigenvalue weighted by molar-refractivity contribution is 8.13. The zero-order valence-electron chi connectivity index (χ0n) is 10.6. The van der Waals surface area contributed by atoms with E-state index in [1.165, 1.54) is 18.2 Å². The number of rotatable bonds is 4. The molecule has 0 amide bonds. The molecule has 0 atom stereocenters. The Morgan fingerprint density at radius 2 is 1.71 bits per heavy atom. The molecule has 0 N–H and O–H groups in total. The van der Waals surface area contributed by atoms with Gasteiger partial charge in [-0.1, -0.05) is 48.0 Å². The van der Waals surface area contributed by atoms with E-state index in [2.05, 4.69) is 0 Å². The summed E-state index contributed by atoms with van der Waals surface area (Å²) in [6.07, 6.45) is 0. The van der Waals surface area contributed by atoms with E-state index in [-0.39, 0.29) is 22.1 Å². The van der Waals surface area contributed by atoms with Gasteiger partial charge in [-0.15, -0.1) is 0 Å². The van der Waals surface area contributed by atoms with Gasteiger partial charge in [0.15, 0.2) is 0 Å². The van der Waals surface area contributed by atoms with Crippen molar-refractivity contribution in [1.29, 1.82) is 0 Å². The number of carbonyl (C=O) groups excluding carboxylic acids is 1. The van der Waals surface area contributed by atoms with E-state index < -0.39 is 15.0 Å². The molecule has 7 heteroatoms. The second-order valence-corrected chi connectivity index (χ2v) is 7.03. The van der Waals surface area contributed by atoms with Gasteiger partial charge in [-0.05, 0) is 17.7 Å². The molecular weight excluding hydrogens is 335 g/mol. The van der Waals surface area contributed by atoms with E-state index in [9.17, 15) is 13.2 Å². The van der Waals surface area contributed by atoms with E-state index in [0.717, 1.165) is 5.56 Å². The third kappa shape index (κ3) is 3.97. The van der Waals surface area contributed by atoms with Crippen molar-refractivity contribution in [3.05, 3.63) is 64.7 Å². The number of carbonyl (C=O) groups is 1. The predicted molar refractivity (Wildman–Crippen MR) is 80.1 cm³/mol. The van der Waals surface area contributed by atoms with Crippen molar-refractivity contribution in [2.75, 3.05) is 0 Å². The summed E-state index contributed by atoms with van der Waals surface area (Å²) in [7, 11) is 1.22. The molecule has 0 fully saturated rings. The molecule has 0 saturated carbocycles. The minimum Gasteiger partial charge on any atom is -0.457 e. The van der Waals surface area contributed by atoms with Gasteiger partial charge in [-0.3, -0.25) is 0 Å². The van der Waals surface area contributed by atoms with Gasteiger partial charge in [0, 0.05) is 10.7 Å². The van der Waals surface area contributed by atoms with Crippen molar-refractivity contribution in [3.63, 3.8) is 0 Å². The van der Waals surface area contributed by atoms with Crippen molar-refractivity contribution in [1.82, 2.24) is 0 Å². The van der Waals surface area contributed by atoms with Crippen molar-refractivity contribution in [2.45, 2.75) is 11.5 Å².